The summed E-state index contributed by atoms with van der Waals surface area (Å²) in [6.07, 6.45) is 0.962. The highest BCUT2D eigenvalue weighted by Crippen LogP contribution is 2.25. The van der Waals surface area contributed by atoms with Crippen molar-refractivity contribution in [1.29, 1.82) is 0 Å². The van der Waals surface area contributed by atoms with Gasteiger partial charge in [-0.15, -0.1) is 5.10 Å². The summed E-state index contributed by atoms with van der Waals surface area (Å²) >= 11 is 1.35. The molecule has 0 aliphatic rings. The molecule has 0 bridgehead atoms. The number of aromatic amines is 1. The van der Waals surface area contributed by atoms with Gasteiger partial charge in [0.2, 0.25) is 5.16 Å². The summed E-state index contributed by atoms with van der Waals surface area (Å²) in [4.78, 5) is 17.1. The number of hydrogen-bond acceptors (Lipinski definition) is 5. The van der Waals surface area contributed by atoms with E-state index in [-0.39, 0.29) is 11.0 Å². The van der Waals surface area contributed by atoms with E-state index in [0.29, 0.717) is 16.5 Å². The van der Waals surface area contributed by atoms with Gasteiger partial charge >= 0.3 is 0 Å². The Morgan fingerprint density at radius 3 is 2.46 bits per heavy atom. The van der Waals surface area contributed by atoms with Crippen molar-refractivity contribution >= 4 is 17.5 Å². The quantitative estimate of drug-likeness (QED) is 0.495. The number of Topliss-reactive ketones (excluding diaryl/α,β-unsaturated/α-hetero) is 1. The van der Waals surface area contributed by atoms with E-state index in [1.807, 2.05) is 55.5 Å². The zero-order valence-corrected chi connectivity index (χ0v) is 15.8. The molecule has 6 heteroatoms. The van der Waals surface area contributed by atoms with E-state index < -0.39 is 0 Å². The van der Waals surface area contributed by atoms with Gasteiger partial charge in [-0.3, -0.25) is 9.89 Å². The first-order chi connectivity index (χ1) is 12.6. The van der Waals surface area contributed by atoms with Crippen molar-refractivity contribution in [2.45, 2.75) is 30.7 Å². The van der Waals surface area contributed by atoms with Crippen LogP contribution >= 0.6 is 11.8 Å². The van der Waals surface area contributed by atoms with Crippen molar-refractivity contribution in [3.63, 3.8) is 0 Å². The van der Waals surface area contributed by atoms with Crippen LogP contribution in [0.25, 0.3) is 11.4 Å². The summed E-state index contributed by atoms with van der Waals surface area (Å²) in [5.74, 6) is 1.53. The first kappa shape index (κ1) is 18.2. The second-order valence-electron chi connectivity index (χ2n) is 5.87. The summed E-state index contributed by atoms with van der Waals surface area (Å²) in [5.41, 5.74) is 2.85. The molecule has 3 aromatic rings. The van der Waals surface area contributed by atoms with Gasteiger partial charge in [-0.05, 0) is 43.2 Å². The van der Waals surface area contributed by atoms with Crippen LogP contribution in [-0.4, -0.2) is 33.3 Å². The summed E-state index contributed by atoms with van der Waals surface area (Å²) < 4.78 is 5.16. The predicted molar refractivity (Wildman–Crippen MR) is 104 cm³/mol. The molecule has 0 saturated carbocycles. The molecule has 0 spiro atoms. The van der Waals surface area contributed by atoms with Crippen molar-refractivity contribution in [3.8, 4) is 17.1 Å². The molecule has 0 aliphatic heterocycles. The standard InChI is InChI=1S/C20H21N3O2S/c1-4-14-5-7-15(8-6-14)18(24)13(2)26-20-21-19(22-23-20)16-9-11-17(25-3)12-10-16/h5-13H,4H2,1-3H3,(H,21,22,23). The first-order valence-corrected chi connectivity index (χ1v) is 9.35. The molecule has 3 rings (SSSR count). The Bertz CT molecular complexity index is 873. The molecular weight excluding hydrogens is 346 g/mol. The molecule has 0 saturated heterocycles. The number of benzene rings is 2. The molecular formula is C20H21N3O2S. The largest absolute Gasteiger partial charge is 0.497 e. The lowest BCUT2D eigenvalue weighted by atomic mass is 10.1. The topological polar surface area (TPSA) is 67.9 Å². The molecule has 2 aromatic carbocycles. The van der Waals surface area contributed by atoms with Gasteiger partial charge in [-0.2, -0.15) is 0 Å². The normalized spacial score (nSPS) is 12.0. The molecule has 1 N–H and O–H groups in total. The van der Waals surface area contributed by atoms with Gasteiger partial charge in [-0.1, -0.05) is 43.0 Å². The number of aromatic nitrogens is 3. The average Bonchev–Trinajstić information content (AvgIpc) is 3.16. The Morgan fingerprint density at radius 1 is 1.15 bits per heavy atom. The fourth-order valence-corrected chi connectivity index (χ4v) is 3.33. The van der Waals surface area contributed by atoms with E-state index in [1.54, 1.807) is 7.11 Å². The number of ketones is 1. The number of ether oxygens (including phenoxy) is 1. The molecule has 5 nitrogen and oxygen atoms in total. The summed E-state index contributed by atoms with van der Waals surface area (Å²) in [6, 6.07) is 15.3. The third kappa shape index (κ3) is 4.14. The summed E-state index contributed by atoms with van der Waals surface area (Å²) in [6.45, 7) is 3.98. The Morgan fingerprint density at radius 2 is 1.85 bits per heavy atom. The highest BCUT2D eigenvalue weighted by molar-refractivity contribution is 8.00. The van der Waals surface area contributed by atoms with Crippen LogP contribution in [0.3, 0.4) is 0 Å². The number of hydrogen-bond donors (Lipinski definition) is 1. The van der Waals surface area contributed by atoms with Crippen LogP contribution in [0.1, 0.15) is 29.8 Å². The van der Waals surface area contributed by atoms with Gasteiger partial charge in [0.05, 0.1) is 12.4 Å². The predicted octanol–water partition coefficient (Wildman–Crippen LogP) is 4.41. The van der Waals surface area contributed by atoms with Crippen molar-refractivity contribution in [1.82, 2.24) is 15.2 Å². The maximum atomic E-state index is 12.6. The number of H-pyrrole nitrogens is 1. The van der Waals surface area contributed by atoms with Crippen LogP contribution < -0.4 is 4.74 Å². The number of nitrogens with zero attached hydrogens (tertiary/aromatic N) is 2. The Hall–Kier alpha value is -2.60. The molecule has 0 fully saturated rings. The molecule has 0 aliphatic carbocycles. The molecule has 1 unspecified atom stereocenters. The van der Waals surface area contributed by atoms with Gasteiger partial charge in [-0.25, -0.2) is 4.98 Å². The van der Waals surface area contributed by atoms with Crippen LogP contribution in [0.2, 0.25) is 0 Å². The Labute approximate surface area is 157 Å². The Balaban J connectivity index is 1.68. The fraction of sp³-hybridized carbons (Fsp3) is 0.250. The average molecular weight is 367 g/mol. The number of rotatable bonds is 7. The fourth-order valence-electron chi connectivity index (χ4n) is 2.53. The van der Waals surface area contributed by atoms with E-state index in [4.69, 9.17) is 4.74 Å². The minimum Gasteiger partial charge on any atom is -0.497 e. The highest BCUT2D eigenvalue weighted by Gasteiger charge is 2.19. The van der Waals surface area contributed by atoms with Crippen LogP contribution in [0.15, 0.2) is 53.7 Å². The number of nitrogens with one attached hydrogen (secondary N) is 1. The van der Waals surface area contributed by atoms with E-state index in [2.05, 4.69) is 22.1 Å². The molecule has 0 radical (unpaired) electrons. The van der Waals surface area contributed by atoms with E-state index in [0.717, 1.165) is 17.7 Å². The van der Waals surface area contributed by atoms with Crippen molar-refractivity contribution < 1.29 is 9.53 Å². The number of aryl methyl sites for hydroxylation is 1. The maximum Gasteiger partial charge on any atom is 0.209 e. The molecule has 1 atom stereocenters. The maximum absolute atomic E-state index is 12.6. The van der Waals surface area contributed by atoms with Crippen LogP contribution in [-0.2, 0) is 6.42 Å². The molecule has 1 heterocycles. The third-order valence-corrected chi connectivity index (χ3v) is 5.09. The van der Waals surface area contributed by atoms with Crippen molar-refractivity contribution in [3.05, 3.63) is 59.7 Å². The second-order valence-corrected chi connectivity index (χ2v) is 7.18. The van der Waals surface area contributed by atoms with E-state index >= 15 is 0 Å². The van der Waals surface area contributed by atoms with Crippen molar-refractivity contribution in [2.75, 3.05) is 7.11 Å². The summed E-state index contributed by atoms with van der Waals surface area (Å²) in [7, 11) is 1.63. The van der Waals surface area contributed by atoms with Gasteiger partial charge in [0.25, 0.3) is 0 Å². The minimum atomic E-state index is -0.262. The lowest BCUT2D eigenvalue weighted by molar-refractivity contribution is 0.0994. The monoisotopic (exact) mass is 367 g/mol. The van der Waals surface area contributed by atoms with Gasteiger partial charge < -0.3 is 4.74 Å². The molecule has 26 heavy (non-hydrogen) atoms. The smallest absolute Gasteiger partial charge is 0.209 e. The Kier molecular flexibility index (Phi) is 5.73. The lowest BCUT2D eigenvalue weighted by Gasteiger charge is -2.08. The molecule has 1 aromatic heterocycles. The van der Waals surface area contributed by atoms with E-state index in [9.17, 15) is 4.79 Å². The van der Waals surface area contributed by atoms with Gasteiger partial charge in [0, 0.05) is 11.1 Å². The number of carbonyl (C=O) groups excluding carboxylic acids is 1. The minimum absolute atomic E-state index is 0.0773. The second kappa shape index (κ2) is 8.19. The SMILES string of the molecule is CCc1ccc(C(=O)C(C)Sc2n[nH]c(-c3ccc(OC)cc3)n2)cc1. The number of thioether (sulfide) groups is 1. The number of carbonyl (C=O) groups is 1. The zero-order valence-electron chi connectivity index (χ0n) is 15.0. The lowest BCUT2D eigenvalue weighted by Crippen LogP contribution is -2.13. The third-order valence-electron chi connectivity index (χ3n) is 4.13. The molecule has 134 valence electrons. The first-order valence-electron chi connectivity index (χ1n) is 8.47. The van der Waals surface area contributed by atoms with Crippen LogP contribution in [0.4, 0.5) is 0 Å². The van der Waals surface area contributed by atoms with E-state index in [1.165, 1.54) is 17.3 Å². The highest BCUT2D eigenvalue weighted by atomic mass is 32.2. The van der Waals surface area contributed by atoms with Crippen LogP contribution in [0, 0.1) is 0 Å². The zero-order chi connectivity index (χ0) is 18.5. The van der Waals surface area contributed by atoms with Crippen LogP contribution in [0.5, 0.6) is 5.75 Å². The van der Waals surface area contributed by atoms with Gasteiger partial charge in [0.1, 0.15) is 5.75 Å². The van der Waals surface area contributed by atoms with Gasteiger partial charge in [0.15, 0.2) is 11.6 Å². The number of methoxy groups -OCH3 is 1. The summed E-state index contributed by atoms with van der Waals surface area (Å²) in [5, 5.41) is 7.44. The van der Waals surface area contributed by atoms with Crippen molar-refractivity contribution in [2.24, 2.45) is 0 Å². The molecule has 0 amide bonds.